The monoisotopic (exact) mass is 380 g/mol. The Bertz CT molecular complexity index is 697. The predicted molar refractivity (Wildman–Crippen MR) is 71.8 cm³/mol. The third-order valence-electron chi connectivity index (χ3n) is 3.43. The van der Waals surface area contributed by atoms with E-state index in [0.717, 1.165) is 13.2 Å². The zero-order valence-corrected chi connectivity index (χ0v) is 13.5. The summed E-state index contributed by atoms with van der Waals surface area (Å²) in [6, 6.07) is 0. The summed E-state index contributed by atoms with van der Waals surface area (Å²) in [4.78, 5) is 0. The van der Waals surface area contributed by atoms with Gasteiger partial charge in [-0.1, -0.05) is 18.3 Å². The van der Waals surface area contributed by atoms with Gasteiger partial charge in [0.25, 0.3) is 0 Å². The van der Waals surface area contributed by atoms with Gasteiger partial charge in [0.05, 0.1) is 11.5 Å². The van der Waals surface area contributed by atoms with Crippen molar-refractivity contribution in [3.8, 4) is 5.06 Å². The highest BCUT2D eigenvalue weighted by Gasteiger charge is 2.48. The summed E-state index contributed by atoms with van der Waals surface area (Å²) in [7, 11) is -3.93. The Morgan fingerprint density at radius 3 is 2.35 bits per heavy atom. The smallest absolute Gasteiger partial charge is 0.394 e. The van der Waals surface area contributed by atoms with E-state index in [1.165, 1.54) is 0 Å². The number of thiophene rings is 1. The number of halogens is 5. The highest BCUT2D eigenvalue weighted by molar-refractivity contribution is 7.92. The van der Waals surface area contributed by atoms with Crippen LogP contribution in [0.5, 0.6) is 5.06 Å². The van der Waals surface area contributed by atoms with E-state index < -0.39 is 67.4 Å². The van der Waals surface area contributed by atoms with Gasteiger partial charge in [-0.3, -0.25) is 0 Å². The third-order valence-corrected chi connectivity index (χ3v) is 6.41. The Balaban J connectivity index is 2.42. The molecular weight excluding hydrogens is 367 g/mol. The number of rotatable bonds is 4. The highest BCUT2D eigenvalue weighted by Crippen LogP contribution is 2.54. The molecule has 0 bridgehead atoms. The molecule has 0 spiro atoms. The Morgan fingerprint density at radius 1 is 1.30 bits per heavy atom. The van der Waals surface area contributed by atoms with Crippen molar-refractivity contribution in [3.63, 3.8) is 0 Å². The SMILES string of the molecule is C[C@@H](COc1sc(S(C)(=O)=O)c2c1[C@@H](F)[C@@H](F)[C@H]2O)C(F)(F)F. The number of aliphatic hydroxyl groups excluding tert-OH is 1. The van der Waals surface area contributed by atoms with E-state index in [1.54, 1.807) is 0 Å². The van der Waals surface area contributed by atoms with Crippen molar-refractivity contribution in [1.29, 1.82) is 0 Å². The fraction of sp³-hybridized carbons (Fsp3) is 0.667. The first kappa shape index (κ1) is 18.4. The summed E-state index contributed by atoms with van der Waals surface area (Å²) < 4.78 is 92.8. The number of fused-ring (bicyclic) bond motifs is 1. The summed E-state index contributed by atoms with van der Waals surface area (Å²) >= 11 is 0.387. The average molecular weight is 380 g/mol. The van der Waals surface area contributed by atoms with Crippen LogP contribution in [0.3, 0.4) is 0 Å². The summed E-state index contributed by atoms with van der Waals surface area (Å²) in [5.41, 5.74) is -0.989. The van der Waals surface area contributed by atoms with Crippen LogP contribution in [-0.4, -0.2) is 38.7 Å². The lowest BCUT2D eigenvalue weighted by atomic mass is 10.2. The zero-order chi connectivity index (χ0) is 17.7. The van der Waals surface area contributed by atoms with Crippen LogP contribution in [0.1, 0.15) is 30.3 Å². The molecule has 0 unspecified atom stereocenters. The largest absolute Gasteiger partial charge is 0.483 e. The molecule has 0 amide bonds. The van der Waals surface area contributed by atoms with E-state index in [1.807, 2.05) is 0 Å². The lowest BCUT2D eigenvalue weighted by Crippen LogP contribution is -2.25. The second-order valence-electron chi connectivity index (χ2n) is 5.32. The van der Waals surface area contributed by atoms with Crippen LogP contribution in [-0.2, 0) is 9.84 Å². The maximum Gasteiger partial charge on any atom is 0.394 e. The van der Waals surface area contributed by atoms with Crippen molar-refractivity contribution >= 4 is 21.2 Å². The van der Waals surface area contributed by atoms with Crippen LogP contribution in [0, 0.1) is 5.92 Å². The Morgan fingerprint density at radius 2 is 1.87 bits per heavy atom. The van der Waals surface area contributed by atoms with Crippen LogP contribution in [0.4, 0.5) is 22.0 Å². The van der Waals surface area contributed by atoms with Crippen LogP contribution in [0.15, 0.2) is 4.21 Å². The molecule has 0 saturated heterocycles. The topological polar surface area (TPSA) is 63.6 Å². The lowest BCUT2D eigenvalue weighted by Gasteiger charge is -2.16. The van der Waals surface area contributed by atoms with Gasteiger partial charge < -0.3 is 9.84 Å². The lowest BCUT2D eigenvalue weighted by molar-refractivity contribution is -0.176. The molecule has 0 fully saturated rings. The van der Waals surface area contributed by atoms with Crippen molar-refractivity contribution in [2.45, 2.75) is 35.8 Å². The molecule has 1 aliphatic rings. The maximum absolute atomic E-state index is 14.0. The number of sulfone groups is 1. The molecule has 1 N–H and O–H groups in total. The summed E-state index contributed by atoms with van der Waals surface area (Å²) in [5, 5.41) is 9.22. The Kier molecular flexibility index (Phi) is 4.68. The van der Waals surface area contributed by atoms with E-state index in [-0.39, 0.29) is 0 Å². The number of alkyl halides is 5. The van der Waals surface area contributed by atoms with Crippen LogP contribution >= 0.6 is 11.3 Å². The predicted octanol–water partition coefficient (Wildman–Crippen LogP) is 3.12. The minimum absolute atomic E-state index is 0.387. The highest BCUT2D eigenvalue weighted by atomic mass is 32.2. The van der Waals surface area contributed by atoms with Crippen molar-refractivity contribution < 1.29 is 40.2 Å². The fourth-order valence-electron chi connectivity index (χ4n) is 2.11. The molecule has 23 heavy (non-hydrogen) atoms. The van der Waals surface area contributed by atoms with Crippen LogP contribution in [0.2, 0.25) is 0 Å². The van der Waals surface area contributed by atoms with Gasteiger partial charge in [0, 0.05) is 11.8 Å². The van der Waals surface area contributed by atoms with Crippen LogP contribution in [0.25, 0.3) is 0 Å². The second kappa shape index (κ2) is 5.85. The molecular formula is C12H13F5O4S2. The molecule has 4 atom stereocenters. The Labute approximate surface area is 132 Å². The average Bonchev–Trinajstić information content (AvgIpc) is 2.88. The fourth-order valence-corrected chi connectivity index (χ4v) is 4.54. The quantitative estimate of drug-likeness (QED) is 0.816. The molecule has 4 nitrogen and oxygen atoms in total. The van der Waals surface area contributed by atoms with Gasteiger partial charge in [-0.05, 0) is 0 Å². The van der Waals surface area contributed by atoms with Crippen LogP contribution < -0.4 is 4.74 Å². The molecule has 0 aliphatic heterocycles. The van der Waals surface area contributed by atoms with E-state index in [9.17, 15) is 35.5 Å². The molecule has 2 rings (SSSR count). The minimum Gasteiger partial charge on any atom is -0.483 e. The third kappa shape index (κ3) is 3.31. The van der Waals surface area contributed by atoms with Gasteiger partial charge in [0.1, 0.15) is 16.9 Å². The standard InChI is InChI=1S/C12H13F5O4S2/c1-4(12(15,16)17)3-21-10-5-6(9(18)8(14)7(5)13)11(22-10)23(2,19)20/h4,7-9,18H,3H2,1-2H3/t4-,7+,8+,9-/m0/s1. The number of hydrogen-bond acceptors (Lipinski definition) is 5. The van der Waals surface area contributed by atoms with Crippen molar-refractivity contribution in [2.24, 2.45) is 5.92 Å². The molecule has 11 heteroatoms. The molecule has 1 aromatic heterocycles. The minimum atomic E-state index is -4.54. The molecule has 132 valence electrons. The summed E-state index contributed by atoms with van der Waals surface area (Å²) in [5.74, 6) is -1.88. The van der Waals surface area contributed by atoms with Gasteiger partial charge in [0.15, 0.2) is 27.2 Å². The van der Waals surface area contributed by atoms with Gasteiger partial charge in [-0.2, -0.15) is 13.2 Å². The molecule has 1 heterocycles. The van der Waals surface area contributed by atoms with Gasteiger partial charge in [-0.15, -0.1) is 0 Å². The summed E-state index contributed by atoms with van der Waals surface area (Å²) in [6.07, 6.45) is -10.5. The van der Waals surface area contributed by atoms with Crippen molar-refractivity contribution in [1.82, 2.24) is 0 Å². The first-order chi connectivity index (χ1) is 10.4. The molecule has 0 radical (unpaired) electrons. The number of aliphatic hydroxyl groups is 1. The van der Waals surface area contributed by atoms with Crippen molar-refractivity contribution in [2.75, 3.05) is 12.9 Å². The Hall–Kier alpha value is -0.940. The number of hydrogen-bond donors (Lipinski definition) is 1. The van der Waals surface area contributed by atoms with Gasteiger partial charge in [-0.25, -0.2) is 17.2 Å². The normalized spacial score (nSPS) is 26.2. The zero-order valence-electron chi connectivity index (χ0n) is 11.9. The first-order valence-electron chi connectivity index (χ1n) is 6.38. The van der Waals surface area contributed by atoms with E-state index in [2.05, 4.69) is 0 Å². The summed E-state index contributed by atoms with van der Waals surface area (Å²) in [6.45, 7) is -0.0372. The number of ether oxygens (including phenoxy) is 1. The van der Waals surface area contributed by atoms with Gasteiger partial charge >= 0.3 is 6.18 Å². The molecule has 0 aromatic carbocycles. The van der Waals surface area contributed by atoms with E-state index >= 15 is 0 Å². The maximum atomic E-state index is 14.0. The molecule has 1 aromatic rings. The van der Waals surface area contributed by atoms with E-state index in [0.29, 0.717) is 11.3 Å². The molecule has 0 saturated carbocycles. The second-order valence-corrected chi connectivity index (χ2v) is 8.52. The van der Waals surface area contributed by atoms with E-state index in [4.69, 9.17) is 4.74 Å². The first-order valence-corrected chi connectivity index (χ1v) is 9.08. The molecule has 1 aliphatic carbocycles. The van der Waals surface area contributed by atoms with Crippen molar-refractivity contribution in [3.05, 3.63) is 11.1 Å². The van der Waals surface area contributed by atoms with Gasteiger partial charge in [0.2, 0.25) is 0 Å².